The minimum absolute atomic E-state index is 0.865. The van der Waals surface area contributed by atoms with E-state index in [0.717, 1.165) is 61.4 Å². The van der Waals surface area contributed by atoms with Crippen LogP contribution in [0.15, 0.2) is 235 Å². The molecule has 11 aromatic carbocycles. The molecule has 0 N–H and O–H groups in total. The Morgan fingerprint density at radius 3 is 1.86 bits per heavy atom. The second-order valence-electron chi connectivity index (χ2n) is 16.4. The molecule has 3 heteroatoms. The molecule has 0 saturated heterocycles. The minimum atomic E-state index is 0.865. The molecule has 0 unspecified atom stereocenters. The summed E-state index contributed by atoms with van der Waals surface area (Å²) in [5.74, 6) is 0. The fraction of sp³-hybridized carbons (Fsp3) is 0. The van der Waals surface area contributed by atoms with Gasteiger partial charge in [-0.1, -0.05) is 164 Å². The van der Waals surface area contributed by atoms with E-state index in [1.165, 1.54) is 59.7 Å². The van der Waals surface area contributed by atoms with Crippen LogP contribution in [0.5, 0.6) is 0 Å². The lowest BCUT2D eigenvalue weighted by Crippen LogP contribution is -2.11. The van der Waals surface area contributed by atoms with Gasteiger partial charge in [0.25, 0.3) is 0 Å². The van der Waals surface area contributed by atoms with E-state index in [-0.39, 0.29) is 0 Å². The van der Waals surface area contributed by atoms with Crippen molar-refractivity contribution >= 4 is 93.1 Å². The van der Waals surface area contributed by atoms with Gasteiger partial charge in [-0.25, -0.2) is 0 Å². The van der Waals surface area contributed by atoms with Gasteiger partial charge in [0.05, 0.1) is 27.8 Å². The van der Waals surface area contributed by atoms with Crippen molar-refractivity contribution < 1.29 is 4.42 Å². The Kier molecular flexibility index (Phi) is 7.91. The van der Waals surface area contributed by atoms with Gasteiger partial charge >= 0.3 is 0 Å². The summed E-state index contributed by atoms with van der Waals surface area (Å²) >= 11 is 0. The van der Waals surface area contributed by atoms with Crippen molar-refractivity contribution in [2.24, 2.45) is 0 Å². The molecule has 2 aromatic heterocycles. The summed E-state index contributed by atoms with van der Waals surface area (Å²) in [6, 6.07) is 83.4. The first-order chi connectivity index (χ1) is 31.3. The highest BCUT2D eigenvalue weighted by Crippen LogP contribution is 2.49. The molecule has 294 valence electrons. The standard InChI is InChI=1S/C60H38N2O/c1-2-17-43(18-3-1)61-54-25-10-8-21-49(54)53-38-42(31-36-56(53)61)39-28-32-44(33-29-39)62(55-26-13-24-47-46-20-7-5-15-41(46)30-34-50(47)55)57-37-35-51(48-23-12-16-40-14-4-6-19-45(40)48)60-59(57)52-22-9-11-27-58(52)63-60/h1-38H. The summed E-state index contributed by atoms with van der Waals surface area (Å²) in [5.41, 5.74) is 13.1. The molecule has 13 rings (SSSR count). The number of rotatable bonds is 6. The molecule has 0 amide bonds. The van der Waals surface area contributed by atoms with Crippen molar-refractivity contribution in [3.05, 3.63) is 231 Å². The van der Waals surface area contributed by atoms with Crippen LogP contribution in [0, 0.1) is 0 Å². The Morgan fingerprint density at radius 2 is 1.00 bits per heavy atom. The molecule has 0 atom stereocenters. The van der Waals surface area contributed by atoms with E-state index < -0.39 is 0 Å². The topological polar surface area (TPSA) is 21.3 Å². The molecular weight excluding hydrogens is 765 g/mol. The molecule has 13 aromatic rings. The van der Waals surface area contributed by atoms with Crippen LogP contribution in [0.2, 0.25) is 0 Å². The smallest absolute Gasteiger partial charge is 0.145 e. The number of para-hydroxylation sites is 3. The molecule has 2 heterocycles. The van der Waals surface area contributed by atoms with Gasteiger partial charge in [0, 0.05) is 38.5 Å². The number of hydrogen-bond donors (Lipinski definition) is 0. The van der Waals surface area contributed by atoms with Gasteiger partial charge in [-0.05, 0) is 110 Å². The van der Waals surface area contributed by atoms with Crippen molar-refractivity contribution in [3.8, 4) is 27.9 Å². The van der Waals surface area contributed by atoms with E-state index in [2.05, 4.69) is 240 Å². The van der Waals surface area contributed by atoms with Gasteiger partial charge in [0.15, 0.2) is 0 Å². The Morgan fingerprint density at radius 1 is 0.349 bits per heavy atom. The summed E-state index contributed by atoms with van der Waals surface area (Å²) in [4.78, 5) is 2.44. The van der Waals surface area contributed by atoms with Crippen LogP contribution in [-0.2, 0) is 0 Å². The number of anilines is 3. The summed E-state index contributed by atoms with van der Waals surface area (Å²) in [7, 11) is 0. The monoisotopic (exact) mass is 802 g/mol. The minimum Gasteiger partial charge on any atom is -0.455 e. The lowest BCUT2D eigenvalue weighted by molar-refractivity contribution is 0.670. The van der Waals surface area contributed by atoms with Crippen LogP contribution in [-0.4, -0.2) is 4.57 Å². The maximum atomic E-state index is 6.94. The Balaban J connectivity index is 1.03. The number of benzene rings is 11. The molecule has 0 saturated carbocycles. The highest BCUT2D eigenvalue weighted by atomic mass is 16.3. The molecule has 3 nitrogen and oxygen atoms in total. The van der Waals surface area contributed by atoms with Crippen molar-refractivity contribution in [2.75, 3.05) is 4.90 Å². The molecule has 0 fully saturated rings. The van der Waals surface area contributed by atoms with Gasteiger partial charge in [0.1, 0.15) is 11.2 Å². The average Bonchev–Trinajstić information content (AvgIpc) is 3.91. The van der Waals surface area contributed by atoms with Gasteiger partial charge in [-0.3, -0.25) is 0 Å². The van der Waals surface area contributed by atoms with Crippen molar-refractivity contribution in [2.45, 2.75) is 0 Å². The normalized spacial score (nSPS) is 11.8. The van der Waals surface area contributed by atoms with E-state index >= 15 is 0 Å². The number of hydrogen-bond acceptors (Lipinski definition) is 2. The van der Waals surface area contributed by atoms with Crippen LogP contribution >= 0.6 is 0 Å². The maximum Gasteiger partial charge on any atom is 0.145 e. The van der Waals surface area contributed by atoms with E-state index in [1.807, 2.05) is 0 Å². The first kappa shape index (κ1) is 35.4. The summed E-state index contributed by atoms with van der Waals surface area (Å²) < 4.78 is 9.31. The first-order valence-electron chi connectivity index (χ1n) is 21.6. The van der Waals surface area contributed by atoms with Crippen LogP contribution in [0.4, 0.5) is 17.1 Å². The summed E-state index contributed by atoms with van der Waals surface area (Å²) in [6.45, 7) is 0. The van der Waals surface area contributed by atoms with Crippen molar-refractivity contribution in [3.63, 3.8) is 0 Å². The molecule has 0 bridgehead atoms. The predicted octanol–water partition coefficient (Wildman–Crippen LogP) is 16.9. The van der Waals surface area contributed by atoms with Crippen LogP contribution < -0.4 is 4.90 Å². The van der Waals surface area contributed by atoms with Crippen molar-refractivity contribution in [1.29, 1.82) is 0 Å². The van der Waals surface area contributed by atoms with E-state index in [0.29, 0.717) is 0 Å². The quantitative estimate of drug-likeness (QED) is 0.156. The zero-order valence-electron chi connectivity index (χ0n) is 34.2. The van der Waals surface area contributed by atoms with Gasteiger partial charge in [0.2, 0.25) is 0 Å². The van der Waals surface area contributed by atoms with Crippen LogP contribution in [0.25, 0.3) is 104 Å². The van der Waals surface area contributed by atoms with Gasteiger partial charge in [-0.15, -0.1) is 0 Å². The highest BCUT2D eigenvalue weighted by Gasteiger charge is 2.24. The third kappa shape index (κ3) is 5.53. The highest BCUT2D eigenvalue weighted by molar-refractivity contribution is 6.20. The zero-order chi connectivity index (χ0) is 41.4. The van der Waals surface area contributed by atoms with Gasteiger partial charge < -0.3 is 13.9 Å². The third-order valence-electron chi connectivity index (χ3n) is 13.0. The molecule has 0 radical (unpaired) electrons. The Labute approximate surface area is 363 Å². The Hall–Kier alpha value is -8.40. The second-order valence-corrected chi connectivity index (χ2v) is 16.4. The number of fused-ring (bicyclic) bond motifs is 10. The maximum absolute atomic E-state index is 6.94. The second kappa shape index (κ2) is 14.1. The number of furan rings is 1. The molecule has 0 aliphatic heterocycles. The lowest BCUT2D eigenvalue weighted by Gasteiger charge is -2.28. The molecule has 0 aliphatic rings. The van der Waals surface area contributed by atoms with E-state index in [1.54, 1.807) is 0 Å². The Bertz CT molecular complexity index is 3910. The SMILES string of the molecule is c1ccc(-n2c3ccccc3c3cc(-c4ccc(N(c5cccc6c5ccc5ccccc56)c5ccc(-c6cccc7ccccc67)c6oc7ccccc7c56)cc4)ccc32)cc1. The first-order valence-corrected chi connectivity index (χ1v) is 21.6. The number of nitrogens with zero attached hydrogens (tertiary/aromatic N) is 2. The fourth-order valence-corrected chi connectivity index (χ4v) is 10.1. The molecular formula is C60H38N2O. The number of aromatic nitrogens is 1. The fourth-order valence-electron chi connectivity index (χ4n) is 10.1. The predicted molar refractivity (Wildman–Crippen MR) is 266 cm³/mol. The summed E-state index contributed by atoms with van der Waals surface area (Å²) in [6.07, 6.45) is 0. The van der Waals surface area contributed by atoms with Crippen LogP contribution in [0.3, 0.4) is 0 Å². The average molecular weight is 803 g/mol. The molecule has 0 aliphatic carbocycles. The third-order valence-corrected chi connectivity index (χ3v) is 13.0. The molecule has 0 spiro atoms. The van der Waals surface area contributed by atoms with E-state index in [9.17, 15) is 0 Å². The van der Waals surface area contributed by atoms with Gasteiger partial charge in [-0.2, -0.15) is 0 Å². The molecule has 63 heavy (non-hydrogen) atoms. The van der Waals surface area contributed by atoms with E-state index in [4.69, 9.17) is 4.42 Å². The lowest BCUT2D eigenvalue weighted by atomic mass is 9.95. The van der Waals surface area contributed by atoms with Crippen LogP contribution in [0.1, 0.15) is 0 Å². The van der Waals surface area contributed by atoms with Crippen molar-refractivity contribution in [1.82, 2.24) is 4.57 Å². The largest absolute Gasteiger partial charge is 0.455 e. The zero-order valence-corrected chi connectivity index (χ0v) is 34.2. The summed E-state index contributed by atoms with van der Waals surface area (Å²) in [5, 5.41) is 11.9.